The number of carbonyl (C=O) groups is 1. The molecular weight excluding hydrogens is 289 g/mol. The number of methoxy groups -OCH3 is 1. The molecule has 0 unspecified atom stereocenters. The van der Waals surface area contributed by atoms with Crippen molar-refractivity contribution in [2.24, 2.45) is 0 Å². The zero-order valence-corrected chi connectivity index (χ0v) is 10.7. The lowest BCUT2D eigenvalue weighted by molar-refractivity contribution is -0.137. The molecule has 110 valence electrons. The van der Waals surface area contributed by atoms with E-state index in [1.165, 1.54) is 18.2 Å². The van der Waals surface area contributed by atoms with Crippen molar-refractivity contribution in [2.75, 3.05) is 7.11 Å². The number of halogens is 3. The third-order valence-corrected chi connectivity index (χ3v) is 2.64. The molecule has 21 heavy (non-hydrogen) atoms. The molecule has 0 aliphatic rings. The lowest BCUT2D eigenvalue weighted by Crippen LogP contribution is -2.22. The van der Waals surface area contributed by atoms with Crippen molar-refractivity contribution in [2.45, 2.75) is 6.18 Å². The molecule has 0 radical (unpaired) electrons. The third-order valence-electron chi connectivity index (χ3n) is 2.64. The van der Waals surface area contributed by atoms with E-state index in [4.69, 9.17) is 0 Å². The number of para-hydroxylation sites is 1. The van der Waals surface area contributed by atoms with Gasteiger partial charge < -0.3 is 4.74 Å². The van der Waals surface area contributed by atoms with E-state index in [1.54, 1.807) is 0 Å². The summed E-state index contributed by atoms with van der Waals surface area (Å²) in [6.45, 7) is 0. The Morgan fingerprint density at radius 3 is 2.52 bits per heavy atom. The van der Waals surface area contributed by atoms with Gasteiger partial charge in [0, 0.05) is 12.3 Å². The first-order chi connectivity index (χ1) is 9.84. The number of nitrogens with zero attached hydrogens (tertiary/aromatic N) is 2. The van der Waals surface area contributed by atoms with Crippen molar-refractivity contribution in [3.05, 3.63) is 58.0 Å². The minimum absolute atomic E-state index is 0.296. The van der Waals surface area contributed by atoms with Crippen LogP contribution in [0.1, 0.15) is 16.1 Å². The van der Waals surface area contributed by atoms with Crippen molar-refractivity contribution in [1.29, 1.82) is 0 Å². The van der Waals surface area contributed by atoms with Crippen LogP contribution in [0.5, 0.6) is 0 Å². The number of carbonyl (C=O) groups excluding carboxylic acids is 1. The van der Waals surface area contributed by atoms with E-state index in [0.717, 1.165) is 30.1 Å². The highest BCUT2D eigenvalue weighted by molar-refractivity contribution is 5.86. The van der Waals surface area contributed by atoms with Crippen LogP contribution in [0.25, 0.3) is 5.69 Å². The molecule has 0 spiro atoms. The Kier molecular flexibility index (Phi) is 3.79. The number of hydrogen-bond acceptors (Lipinski definition) is 4. The van der Waals surface area contributed by atoms with Gasteiger partial charge in [0.1, 0.15) is 0 Å². The summed E-state index contributed by atoms with van der Waals surface area (Å²) in [5, 5.41) is 3.62. The van der Waals surface area contributed by atoms with Gasteiger partial charge in [0.15, 0.2) is 0 Å². The van der Waals surface area contributed by atoms with Gasteiger partial charge in [0.25, 0.3) is 0 Å². The predicted octanol–water partition coefficient (Wildman–Crippen LogP) is 2.04. The number of hydrogen-bond donors (Lipinski definition) is 0. The monoisotopic (exact) mass is 298 g/mol. The van der Waals surface area contributed by atoms with Crippen molar-refractivity contribution >= 4 is 5.97 Å². The first-order valence-corrected chi connectivity index (χ1v) is 5.69. The summed E-state index contributed by atoms with van der Waals surface area (Å²) in [5.41, 5.74) is -2.55. The van der Waals surface area contributed by atoms with E-state index in [2.05, 4.69) is 9.84 Å². The predicted molar refractivity (Wildman–Crippen MR) is 66.2 cm³/mol. The fourth-order valence-corrected chi connectivity index (χ4v) is 1.69. The summed E-state index contributed by atoms with van der Waals surface area (Å²) in [6, 6.07) is 5.64. The molecule has 5 nitrogen and oxygen atoms in total. The van der Waals surface area contributed by atoms with E-state index in [1.807, 2.05) is 0 Å². The largest absolute Gasteiger partial charge is 0.464 e. The molecule has 0 N–H and O–H groups in total. The number of aromatic nitrogens is 2. The molecular formula is C13H9F3N2O3. The molecule has 0 saturated carbocycles. The fourth-order valence-electron chi connectivity index (χ4n) is 1.69. The first-order valence-electron chi connectivity index (χ1n) is 5.69. The summed E-state index contributed by atoms with van der Waals surface area (Å²) in [7, 11) is 1.05. The molecule has 0 saturated heterocycles. The molecule has 0 fully saturated rings. The highest BCUT2D eigenvalue weighted by Crippen LogP contribution is 2.33. The van der Waals surface area contributed by atoms with Crippen LogP contribution in [-0.4, -0.2) is 22.9 Å². The second-order valence-corrected chi connectivity index (χ2v) is 3.98. The maximum absolute atomic E-state index is 12.9. The minimum Gasteiger partial charge on any atom is -0.464 e. The molecule has 8 heteroatoms. The van der Waals surface area contributed by atoms with Gasteiger partial charge in [-0.3, -0.25) is 4.79 Å². The van der Waals surface area contributed by atoms with Crippen molar-refractivity contribution < 1.29 is 22.7 Å². The zero-order chi connectivity index (χ0) is 15.6. The van der Waals surface area contributed by atoms with Crippen LogP contribution in [0.4, 0.5) is 13.2 Å². The normalized spacial score (nSPS) is 11.2. The Morgan fingerprint density at radius 2 is 1.90 bits per heavy atom. The van der Waals surface area contributed by atoms with E-state index < -0.39 is 28.8 Å². The summed E-state index contributed by atoms with van der Waals surface area (Å²) in [4.78, 5) is 22.9. The van der Waals surface area contributed by atoms with Crippen LogP contribution in [0, 0.1) is 0 Å². The summed E-state index contributed by atoms with van der Waals surface area (Å²) in [5.74, 6) is -1.01. The molecule has 0 atom stereocenters. The van der Waals surface area contributed by atoms with Crippen LogP contribution in [0.15, 0.2) is 41.3 Å². The van der Waals surface area contributed by atoms with E-state index in [9.17, 15) is 22.8 Å². The molecule has 1 heterocycles. The Bertz CT molecular complexity index is 738. The molecule has 2 aromatic rings. The highest BCUT2D eigenvalue weighted by Gasteiger charge is 2.34. The summed E-state index contributed by atoms with van der Waals surface area (Å²) < 4.78 is 44.0. The molecule has 0 amide bonds. The second-order valence-electron chi connectivity index (χ2n) is 3.98. The van der Waals surface area contributed by atoms with Crippen LogP contribution in [0.3, 0.4) is 0 Å². The fraction of sp³-hybridized carbons (Fsp3) is 0.154. The Labute approximate surface area is 116 Å². The SMILES string of the molecule is COC(=O)c1nn(-c2ccccc2C(F)(F)F)ccc1=O. The Morgan fingerprint density at radius 1 is 1.24 bits per heavy atom. The van der Waals surface area contributed by atoms with Gasteiger partial charge in [-0.05, 0) is 12.1 Å². The van der Waals surface area contributed by atoms with Gasteiger partial charge >= 0.3 is 12.1 Å². The Balaban J connectivity index is 2.64. The lowest BCUT2D eigenvalue weighted by Gasteiger charge is -2.14. The summed E-state index contributed by atoms with van der Waals surface area (Å²) in [6.07, 6.45) is -3.54. The van der Waals surface area contributed by atoms with Gasteiger partial charge in [-0.1, -0.05) is 12.1 Å². The van der Waals surface area contributed by atoms with Crippen molar-refractivity contribution in [3.8, 4) is 5.69 Å². The van der Waals surface area contributed by atoms with Crippen molar-refractivity contribution in [1.82, 2.24) is 9.78 Å². The molecule has 1 aromatic carbocycles. The van der Waals surface area contributed by atoms with Gasteiger partial charge in [0.2, 0.25) is 11.1 Å². The maximum Gasteiger partial charge on any atom is 0.418 e. The number of benzene rings is 1. The molecule has 2 rings (SSSR count). The van der Waals surface area contributed by atoms with Gasteiger partial charge in [-0.25, -0.2) is 9.48 Å². The second kappa shape index (κ2) is 5.39. The molecule has 1 aromatic heterocycles. The lowest BCUT2D eigenvalue weighted by atomic mass is 10.1. The number of ether oxygens (including phenoxy) is 1. The molecule has 0 aliphatic carbocycles. The summed E-state index contributed by atoms with van der Waals surface area (Å²) >= 11 is 0. The highest BCUT2D eigenvalue weighted by atomic mass is 19.4. The average Bonchev–Trinajstić information content (AvgIpc) is 2.46. The number of rotatable bonds is 2. The van der Waals surface area contributed by atoms with E-state index >= 15 is 0 Å². The van der Waals surface area contributed by atoms with E-state index in [-0.39, 0.29) is 5.69 Å². The topological polar surface area (TPSA) is 61.2 Å². The third kappa shape index (κ3) is 2.93. The van der Waals surface area contributed by atoms with Crippen LogP contribution < -0.4 is 5.43 Å². The number of esters is 1. The zero-order valence-electron chi connectivity index (χ0n) is 10.7. The number of alkyl halides is 3. The molecule has 0 bridgehead atoms. The standard InChI is InChI=1S/C13H9F3N2O3/c1-21-12(20)11-10(19)6-7-18(17-11)9-5-3-2-4-8(9)13(14,15)16/h2-7H,1H3. The maximum atomic E-state index is 12.9. The van der Waals surface area contributed by atoms with Gasteiger partial charge in [0.05, 0.1) is 18.4 Å². The van der Waals surface area contributed by atoms with Crippen LogP contribution in [0.2, 0.25) is 0 Å². The van der Waals surface area contributed by atoms with Crippen LogP contribution in [-0.2, 0) is 10.9 Å². The quantitative estimate of drug-likeness (QED) is 0.796. The van der Waals surface area contributed by atoms with Gasteiger partial charge in [-0.2, -0.15) is 18.3 Å². The van der Waals surface area contributed by atoms with Gasteiger partial charge in [-0.15, -0.1) is 0 Å². The van der Waals surface area contributed by atoms with Crippen molar-refractivity contribution in [3.63, 3.8) is 0 Å². The Hall–Kier alpha value is -2.64. The molecule has 0 aliphatic heterocycles. The minimum atomic E-state index is -4.59. The van der Waals surface area contributed by atoms with E-state index in [0.29, 0.717) is 0 Å². The first kappa shape index (κ1) is 14.8. The smallest absolute Gasteiger partial charge is 0.418 e. The average molecular weight is 298 g/mol. The van der Waals surface area contributed by atoms with Crippen LogP contribution >= 0.6 is 0 Å².